The number of hydrogen-bond donors (Lipinski definition) is 2. The lowest BCUT2D eigenvalue weighted by molar-refractivity contribution is -0.167. The van der Waals surface area contributed by atoms with Crippen LogP contribution >= 0.6 is 0 Å². The molecule has 0 unspecified atom stereocenters. The molecule has 0 saturated carbocycles. The third-order valence-corrected chi connectivity index (χ3v) is 3.02. The van der Waals surface area contributed by atoms with Crippen molar-refractivity contribution in [2.45, 2.75) is 19.0 Å². The number of hydrogen-bond acceptors (Lipinski definition) is 2. The highest BCUT2D eigenvalue weighted by molar-refractivity contribution is 5.96. The number of halogens is 3. The minimum atomic E-state index is -4.95. The molecule has 2 N–H and O–H groups in total. The molecule has 21 heavy (non-hydrogen) atoms. The maximum absolute atomic E-state index is 12.2. The van der Waals surface area contributed by atoms with Gasteiger partial charge in [-0.3, -0.25) is 4.79 Å². The third kappa shape index (κ3) is 4.11. The van der Waals surface area contributed by atoms with Crippen LogP contribution in [0, 0.1) is 0 Å². The molecular weight excluding hydrogens is 287 g/mol. The molecule has 0 aromatic heterocycles. The quantitative estimate of drug-likeness (QED) is 0.882. The summed E-state index contributed by atoms with van der Waals surface area (Å²) >= 11 is 0. The zero-order chi connectivity index (χ0) is 15.5. The molecule has 5 nitrogen and oxygen atoms in total. The van der Waals surface area contributed by atoms with E-state index in [-0.39, 0.29) is 11.7 Å². The number of nitrogens with one attached hydrogen (secondary N) is 2. The van der Waals surface area contributed by atoms with E-state index in [2.05, 4.69) is 5.32 Å². The second-order valence-electron chi connectivity index (χ2n) is 4.66. The number of rotatable bonds is 2. The minimum Gasteiger partial charge on any atom is -0.325 e. The van der Waals surface area contributed by atoms with Crippen molar-refractivity contribution >= 4 is 23.3 Å². The maximum Gasteiger partial charge on any atom is 0.471 e. The molecule has 0 radical (unpaired) electrons. The number of urea groups is 1. The van der Waals surface area contributed by atoms with Crippen LogP contribution in [-0.4, -0.2) is 36.1 Å². The molecule has 1 heterocycles. The van der Waals surface area contributed by atoms with Gasteiger partial charge in [0.25, 0.3) is 0 Å². The van der Waals surface area contributed by atoms with E-state index >= 15 is 0 Å². The van der Waals surface area contributed by atoms with Crippen molar-refractivity contribution in [3.8, 4) is 0 Å². The molecule has 3 amide bonds. The van der Waals surface area contributed by atoms with Crippen molar-refractivity contribution in [1.29, 1.82) is 0 Å². The van der Waals surface area contributed by atoms with Gasteiger partial charge in [-0.15, -0.1) is 0 Å². The molecule has 1 aromatic rings. The predicted octanol–water partition coefficient (Wildman–Crippen LogP) is 2.82. The molecule has 0 spiro atoms. The average Bonchev–Trinajstić information content (AvgIpc) is 2.91. The Hall–Kier alpha value is -2.25. The Labute approximate surface area is 119 Å². The lowest BCUT2D eigenvalue weighted by atomic mass is 10.2. The van der Waals surface area contributed by atoms with Crippen LogP contribution in [0.4, 0.5) is 29.3 Å². The van der Waals surface area contributed by atoms with Gasteiger partial charge in [-0.2, -0.15) is 13.2 Å². The normalized spacial score (nSPS) is 14.9. The van der Waals surface area contributed by atoms with Crippen LogP contribution < -0.4 is 10.6 Å². The van der Waals surface area contributed by atoms with Crippen LogP contribution in [0.5, 0.6) is 0 Å². The summed E-state index contributed by atoms with van der Waals surface area (Å²) in [5, 5.41) is 4.33. The molecule has 1 aromatic carbocycles. The molecule has 1 saturated heterocycles. The van der Waals surface area contributed by atoms with E-state index in [4.69, 9.17) is 0 Å². The predicted molar refractivity (Wildman–Crippen MR) is 71.0 cm³/mol. The molecule has 0 bridgehead atoms. The zero-order valence-electron chi connectivity index (χ0n) is 11.0. The fourth-order valence-electron chi connectivity index (χ4n) is 2.00. The fraction of sp³-hybridized carbons (Fsp3) is 0.385. The summed E-state index contributed by atoms with van der Waals surface area (Å²) in [6.07, 6.45) is -3.07. The summed E-state index contributed by atoms with van der Waals surface area (Å²) < 4.78 is 36.5. The number of benzene rings is 1. The minimum absolute atomic E-state index is 0.0310. The Morgan fingerprint density at radius 1 is 1.05 bits per heavy atom. The lowest BCUT2D eigenvalue weighted by Gasteiger charge is -2.16. The standard InChI is InChI=1S/C13H14F3N3O2/c14-13(15,16)11(20)17-9-4-3-5-10(8-9)18-12(21)19-6-1-2-7-19/h3-5,8H,1-2,6-7H2,(H,17,20)(H,18,21). The first kappa shape index (κ1) is 15.1. The highest BCUT2D eigenvalue weighted by Crippen LogP contribution is 2.21. The van der Waals surface area contributed by atoms with E-state index in [9.17, 15) is 22.8 Å². The van der Waals surface area contributed by atoms with E-state index in [0.717, 1.165) is 12.8 Å². The van der Waals surface area contributed by atoms with E-state index in [1.54, 1.807) is 10.2 Å². The highest BCUT2D eigenvalue weighted by atomic mass is 19.4. The number of likely N-dealkylation sites (tertiary alicyclic amines) is 1. The first-order chi connectivity index (χ1) is 9.86. The summed E-state index contributed by atoms with van der Waals surface area (Å²) in [5.41, 5.74) is 0.295. The van der Waals surface area contributed by atoms with E-state index in [0.29, 0.717) is 18.8 Å². The van der Waals surface area contributed by atoms with Gasteiger partial charge in [-0.05, 0) is 31.0 Å². The zero-order valence-corrected chi connectivity index (χ0v) is 11.0. The second-order valence-corrected chi connectivity index (χ2v) is 4.66. The van der Waals surface area contributed by atoms with Crippen LogP contribution in [-0.2, 0) is 4.79 Å². The molecular formula is C13H14F3N3O2. The van der Waals surface area contributed by atoms with Crippen molar-refractivity contribution in [2.75, 3.05) is 23.7 Å². The van der Waals surface area contributed by atoms with Crippen molar-refractivity contribution in [3.63, 3.8) is 0 Å². The van der Waals surface area contributed by atoms with Crippen molar-refractivity contribution in [1.82, 2.24) is 4.90 Å². The van der Waals surface area contributed by atoms with E-state index in [1.165, 1.54) is 24.3 Å². The van der Waals surface area contributed by atoms with Gasteiger partial charge >= 0.3 is 18.1 Å². The molecule has 0 atom stereocenters. The van der Waals surface area contributed by atoms with Gasteiger partial charge in [-0.25, -0.2) is 4.79 Å². The van der Waals surface area contributed by atoms with E-state index < -0.39 is 12.1 Å². The molecule has 2 rings (SSSR count). The maximum atomic E-state index is 12.2. The number of amides is 3. The molecule has 1 aliphatic rings. The third-order valence-electron chi connectivity index (χ3n) is 3.02. The summed E-state index contributed by atoms with van der Waals surface area (Å²) in [6, 6.07) is 5.28. The summed E-state index contributed by atoms with van der Waals surface area (Å²) in [7, 11) is 0. The van der Waals surface area contributed by atoms with Gasteiger partial charge in [0.2, 0.25) is 0 Å². The van der Waals surface area contributed by atoms with Gasteiger partial charge in [0, 0.05) is 24.5 Å². The van der Waals surface area contributed by atoms with Crippen molar-refractivity contribution in [2.24, 2.45) is 0 Å². The number of carbonyl (C=O) groups is 2. The van der Waals surface area contributed by atoms with Crippen LogP contribution in [0.15, 0.2) is 24.3 Å². The Morgan fingerprint density at radius 3 is 2.19 bits per heavy atom. The van der Waals surface area contributed by atoms with Gasteiger partial charge in [0.1, 0.15) is 0 Å². The average molecular weight is 301 g/mol. The molecule has 1 fully saturated rings. The molecule has 1 aliphatic heterocycles. The number of nitrogens with zero attached hydrogens (tertiary/aromatic N) is 1. The molecule has 114 valence electrons. The largest absolute Gasteiger partial charge is 0.471 e. The van der Waals surface area contributed by atoms with Crippen LogP contribution in [0.1, 0.15) is 12.8 Å². The Balaban J connectivity index is 2.00. The number of alkyl halides is 3. The molecule has 0 aliphatic carbocycles. The summed E-state index contributed by atoms with van der Waals surface area (Å²) in [5.74, 6) is -2.05. The van der Waals surface area contributed by atoms with E-state index in [1.807, 2.05) is 0 Å². The highest BCUT2D eigenvalue weighted by Gasteiger charge is 2.38. The smallest absolute Gasteiger partial charge is 0.325 e. The lowest BCUT2D eigenvalue weighted by Crippen LogP contribution is -2.32. The Bertz CT molecular complexity index is 540. The fourth-order valence-corrected chi connectivity index (χ4v) is 2.00. The summed E-state index contributed by atoms with van der Waals surface area (Å²) in [4.78, 5) is 24.3. The number of anilines is 2. The Morgan fingerprint density at radius 2 is 1.62 bits per heavy atom. The first-order valence-electron chi connectivity index (χ1n) is 6.40. The summed E-state index contributed by atoms with van der Waals surface area (Å²) in [6.45, 7) is 1.33. The van der Waals surface area contributed by atoms with Gasteiger partial charge in [0.15, 0.2) is 0 Å². The first-order valence-corrected chi connectivity index (χ1v) is 6.40. The Kier molecular flexibility index (Phi) is 4.35. The van der Waals surface area contributed by atoms with Gasteiger partial charge in [0.05, 0.1) is 0 Å². The van der Waals surface area contributed by atoms with Crippen molar-refractivity contribution < 1.29 is 22.8 Å². The SMILES string of the molecule is O=C(Nc1cccc(NC(=O)C(F)(F)F)c1)N1CCCC1. The van der Waals surface area contributed by atoms with Gasteiger partial charge < -0.3 is 15.5 Å². The molecule has 8 heteroatoms. The van der Waals surface area contributed by atoms with Crippen LogP contribution in [0.25, 0.3) is 0 Å². The van der Waals surface area contributed by atoms with Crippen LogP contribution in [0.2, 0.25) is 0 Å². The van der Waals surface area contributed by atoms with Gasteiger partial charge in [-0.1, -0.05) is 6.07 Å². The number of carbonyl (C=O) groups excluding carboxylic acids is 2. The van der Waals surface area contributed by atoms with Crippen LogP contribution in [0.3, 0.4) is 0 Å². The second kappa shape index (κ2) is 6.02. The monoisotopic (exact) mass is 301 g/mol. The van der Waals surface area contributed by atoms with Crippen molar-refractivity contribution in [3.05, 3.63) is 24.3 Å². The topological polar surface area (TPSA) is 61.4 Å².